The highest BCUT2D eigenvalue weighted by Gasteiger charge is 2.15. The van der Waals surface area contributed by atoms with E-state index >= 15 is 0 Å². The summed E-state index contributed by atoms with van der Waals surface area (Å²) in [6.07, 6.45) is 0. The maximum atomic E-state index is 3.85. The molecule has 0 saturated heterocycles. The summed E-state index contributed by atoms with van der Waals surface area (Å²) in [5.74, 6) is 0.596. The van der Waals surface area contributed by atoms with Crippen LogP contribution >= 0.6 is 0 Å². The fraction of sp³-hybridized carbons (Fsp3) is 0. The van der Waals surface area contributed by atoms with E-state index in [0.29, 0.717) is 5.95 Å². The van der Waals surface area contributed by atoms with Crippen LogP contribution in [0.3, 0.4) is 0 Å². The molecule has 0 aliphatic carbocycles. The lowest BCUT2D eigenvalue weighted by Crippen LogP contribution is -2.20. The summed E-state index contributed by atoms with van der Waals surface area (Å²) < 4.78 is 1.64. The van der Waals surface area contributed by atoms with Crippen LogP contribution in [0.25, 0.3) is 5.69 Å². The molecule has 6 heteroatoms. The minimum atomic E-state index is 0.596. The molecular formula is C7H6N6. The van der Waals surface area contributed by atoms with Gasteiger partial charge in [-0.3, -0.25) is 10.9 Å². The second kappa shape index (κ2) is 2.19. The van der Waals surface area contributed by atoms with Gasteiger partial charge in [-0.15, -0.1) is 0 Å². The van der Waals surface area contributed by atoms with Crippen LogP contribution in [-0.2, 0) is 0 Å². The first-order valence-corrected chi connectivity index (χ1v) is 3.85. The van der Waals surface area contributed by atoms with Crippen LogP contribution < -0.4 is 10.9 Å². The maximum absolute atomic E-state index is 3.85. The number of benzene rings is 1. The lowest BCUT2D eigenvalue weighted by Gasteiger charge is -2.18. The molecule has 0 radical (unpaired) electrons. The summed E-state index contributed by atoms with van der Waals surface area (Å²) >= 11 is 0. The monoisotopic (exact) mass is 174 g/mol. The second-order valence-electron chi connectivity index (χ2n) is 2.68. The van der Waals surface area contributed by atoms with Gasteiger partial charge in [-0.25, -0.2) is 0 Å². The van der Waals surface area contributed by atoms with Gasteiger partial charge in [-0.2, -0.15) is 4.68 Å². The topological polar surface area (TPSA) is 67.7 Å². The fourth-order valence-corrected chi connectivity index (χ4v) is 1.31. The number of anilines is 2. The molecule has 0 amide bonds. The summed E-state index contributed by atoms with van der Waals surface area (Å²) in [5.41, 5.74) is 7.77. The molecule has 0 atom stereocenters. The molecule has 0 bridgehead atoms. The Hall–Kier alpha value is -2.11. The van der Waals surface area contributed by atoms with Crippen molar-refractivity contribution in [3.63, 3.8) is 0 Å². The predicted molar refractivity (Wildman–Crippen MR) is 46.4 cm³/mol. The van der Waals surface area contributed by atoms with E-state index in [1.54, 1.807) is 4.68 Å². The van der Waals surface area contributed by atoms with E-state index in [2.05, 4.69) is 26.4 Å². The molecule has 13 heavy (non-hydrogen) atoms. The predicted octanol–water partition coefficient (Wildman–Crippen LogP) is 0.415. The van der Waals surface area contributed by atoms with E-state index < -0.39 is 0 Å². The number of hydrazine groups is 1. The van der Waals surface area contributed by atoms with Gasteiger partial charge >= 0.3 is 0 Å². The number of tetrazole rings is 1. The van der Waals surface area contributed by atoms with Gasteiger partial charge in [0.1, 0.15) is 0 Å². The fourth-order valence-electron chi connectivity index (χ4n) is 1.31. The van der Waals surface area contributed by atoms with E-state index in [9.17, 15) is 0 Å². The smallest absolute Gasteiger partial charge is 0.266 e. The number of aromatic nitrogens is 4. The third kappa shape index (κ3) is 0.792. The standard InChI is InChI=1S/C7H6N6/c1-2-4-6-5(3-1)8-9-7-10-11-12-13(6)7/h1-4,8H,(H,9,10,12). The Balaban J connectivity index is 2.30. The van der Waals surface area contributed by atoms with E-state index in [-0.39, 0.29) is 0 Å². The van der Waals surface area contributed by atoms with Gasteiger partial charge in [0.15, 0.2) is 0 Å². The summed E-state index contributed by atoms with van der Waals surface area (Å²) in [6, 6.07) is 7.79. The van der Waals surface area contributed by atoms with Crippen LogP contribution in [0.1, 0.15) is 0 Å². The highest BCUT2D eigenvalue weighted by Crippen LogP contribution is 2.24. The number of hydrogen-bond acceptors (Lipinski definition) is 5. The number of para-hydroxylation sites is 2. The van der Waals surface area contributed by atoms with Crippen molar-refractivity contribution in [2.24, 2.45) is 0 Å². The molecule has 6 nitrogen and oxygen atoms in total. The first kappa shape index (κ1) is 6.41. The van der Waals surface area contributed by atoms with Gasteiger partial charge in [-0.1, -0.05) is 17.2 Å². The highest BCUT2D eigenvalue weighted by molar-refractivity contribution is 5.67. The second-order valence-corrected chi connectivity index (χ2v) is 2.68. The molecule has 1 aliphatic rings. The zero-order chi connectivity index (χ0) is 8.67. The quantitative estimate of drug-likeness (QED) is 0.605. The lowest BCUT2D eigenvalue weighted by atomic mass is 10.2. The Labute approximate surface area is 73.5 Å². The minimum Gasteiger partial charge on any atom is -0.296 e. The van der Waals surface area contributed by atoms with Gasteiger partial charge in [0.05, 0.1) is 11.4 Å². The first-order chi connectivity index (χ1) is 6.45. The highest BCUT2D eigenvalue weighted by atomic mass is 15.6. The summed E-state index contributed by atoms with van der Waals surface area (Å²) in [7, 11) is 0. The molecule has 1 aromatic heterocycles. The Morgan fingerprint density at radius 1 is 1.15 bits per heavy atom. The van der Waals surface area contributed by atoms with Crippen molar-refractivity contribution in [1.29, 1.82) is 0 Å². The molecular weight excluding hydrogens is 168 g/mol. The largest absolute Gasteiger partial charge is 0.296 e. The van der Waals surface area contributed by atoms with Crippen LogP contribution in [0, 0.1) is 0 Å². The molecule has 2 heterocycles. The lowest BCUT2D eigenvalue weighted by molar-refractivity contribution is 0.787. The van der Waals surface area contributed by atoms with Crippen LogP contribution in [0.2, 0.25) is 0 Å². The number of nitrogens with one attached hydrogen (secondary N) is 2. The van der Waals surface area contributed by atoms with Crippen LogP contribution in [-0.4, -0.2) is 20.2 Å². The Kier molecular flexibility index (Phi) is 1.08. The molecule has 2 aromatic rings. The summed E-state index contributed by atoms with van der Waals surface area (Å²) in [6.45, 7) is 0. The third-order valence-corrected chi connectivity index (χ3v) is 1.91. The molecule has 0 saturated carbocycles. The van der Waals surface area contributed by atoms with Crippen molar-refractivity contribution >= 4 is 11.6 Å². The number of hydrogen-bond donors (Lipinski definition) is 2. The number of nitrogens with zero attached hydrogens (tertiary/aromatic N) is 4. The van der Waals surface area contributed by atoms with Crippen molar-refractivity contribution in [2.75, 3.05) is 10.9 Å². The molecule has 3 rings (SSSR count). The normalized spacial score (nSPS) is 12.3. The van der Waals surface area contributed by atoms with E-state index in [4.69, 9.17) is 0 Å². The number of fused-ring (bicyclic) bond motifs is 3. The molecule has 64 valence electrons. The number of rotatable bonds is 0. The van der Waals surface area contributed by atoms with Gasteiger partial charge in [-0.05, 0) is 22.6 Å². The molecule has 0 fully saturated rings. The van der Waals surface area contributed by atoms with E-state index in [1.165, 1.54) is 0 Å². The van der Waals surface area contributed by atoms with E-state index in [1.807, 2.05) is 24.3 Å². The third-order valence-electron chi connectivity index (χ3n) is 1.91. The van der Waals surface area contributed by atoms with Crippen molar-refractivity contribution < 1.29 is 0 Å². The minimum absolute atomic E-state index is 0.596. The molecule has 1 aliphatic heterocycles. The zero-order valence-electron chi connectivity index (χ0n) is 6.60. The van der Waals surface area contributed by atoms with Crippen LogP contribution in [0.4, 0.5) is 11.6 Å². The average molecular weight is 174 g/mol. The summed E-state index contributed by atoms with van der Waals surface area (Å²) in [4.78, 5) is 0. The Morgan fingerprint density at radius 3 is 3.08 bits per heavy atom. The van der Waals surface area contributed by atoms with Crippen molar-refractivity contribution in [2.45, 2.75) is 0 Å². The molecule has 2 N–H and O–H groups in total. The van der Waals surface area contributed by atoms with Gasteiger partial charge in [0.2, 0.25) is 0 Å². The van der Waals surface area contributed by atoms with Gasteiger partial charge in [0, 0.05) is 0 Å². The molecule has 1 aromatic carbocycles. The SMILES string of the molecule is c1ccc2c(c1)NNc1nnnn1-2. The van der Waals surface area contributed by atoms with Gasteiger partial charge < -0.3 is 0 Å². The molecule has 0 spiro atoms. The van der Waals surface area contributed by atoms with Crippen LogP contribution in [0.15, 0.2) is 24.3 Å². The van der Waals surface area contributed by atoms with Gasteiger partial charge in [0.25, 0.3) is 5.95 Å². The average Bonchev–Trinajstić information content (AvgIpc) is 2.65. The molecule has 0 unspecified atom stereocenters. The van der Waals surface area contributed by atoms with Crippen molar-refractivity contribution in [1.82, 2.24) is 20.2 Å². The van der Waals surface area contributed by atoms with Crippen molar-refractivity contribution in [3.05, 3.63) is 24.3 Å². The van der Waals surface area contributed by atoms with Crippen molar-refractivity contribution in [3.8, 4) is 5.69 Å². The zero-order valence-corrected chi connectivity index (χ0v) is 6.60. The Morgan fingerprint density at radius 2 is 2.08 bits per heavy atom. The first-order valence-electron chi connectivity index (χ1n) is 3.85. The summed E-state index contributed by atoms with van der Waals surface area (Å²) in [5, 5.41) is 11.2. The maximum Gasteiger partial charge on any atom is 0.266 e. The van der Waals surface area contributed by atoms with E-state index in [0.717, 1.165) is 11.4 Å². The van der Waals surface area contributed by atoms with Crippen LogP contribution in [0.5, 0.6) is 0 Å². The Bertz CT molecular complexity index is 448.